The van der Waals surface area contributed by atoms with Crippen molar-refractivity contribution in [2.75, 3.05) is 32.9 Å². The number of ether oxygens (including phenoxy) is 2. The molecule has 2 aliphatic rings. The van der Waals surface area contributed by atoms with E-state index in [9.17, 15) is 4.79 Å². The van der Waals surface area contributed by atoms with Crippen LogP contribution in [0.15, 0.2) is 12.7 Å². The van der Waals surface area contributed by atoms with Crippen LogP contribution in [-0.2, 0) is 14.3 Å². The monoisotopic (exact) mass is 239 g/mol. The summed E-state index contributed by atoms with van der Waals surface area (Å²) in [4.78, 5) is 12.0. The highest BCUT2D eigenvalue weighted by atomic mass is 16.6. The third kappa shape index (κ3) is 3.15. The predicted octanol–water partition coefficient (Wildman–Crippen LogP) is 0.917. The van der Waals surface area contributed by atoms with E-state index in [1.165, 1.54) is 0 Å². The largest absolute Gasteiger partial charge is 0.378 e. The van der Waals surface area contributed by atoms with Crippen LogP contribution in [0.1, 0.15) is 19.3 Å². The van der Waals surface area contributed by atoms with Gasteiger partial charge in [0.1, 0.15) is 5.78 Å². The van der Waals surface area contributed by atoms with E-state index in [4.69, 9.17) is 9.47 Å². The number of hydrogen-bond donors (Lipinski definition) is 1. The van der Waals surface area contributed by atoms with Crippen LogP contribution in [0.2, 0.25) is 0 Å². The Balaban J connectivity index is 1.84. The maximum absolute atomic E-state index is 12.0. The second kappa shape index (κ2) is 5.76. The highest BCUT2D eigenvalue weighted by Crippen LogP contribution is 2.35. The number of hydrogen-bond acceptors (Lipinski definition) is 4. The van der Waals surface area contributed by atoms with Gasteiger partial charge in [0.15, 0.2) is 0 Å². The average molecular weight is 239 g/mol. The standard InChI is InChI=1S/C13H21NO3/c1-2-5-14-9-12(15)11-3-6-17-13(8-11)4-7-16-10-13/h2,11,14H,1,3-10H2. The molecule has 0 saturated carbocycles. The molecule has 2 aliphatic heterocycles. The number of ketones is 1. The molecular formula is C13H21NO3. The number of carbonyl (C=O) groups is 1. The van der Waals surface area contributed by atoms with Gasteiger partial charge in [-0.3, -0.25) is 4.79 Å². The molecule has 96 valence electrons. The topological polar surface area (TPSA) is 47.6 Å². The van der Waals surface area contributed by atoms with Crippen LogP contribution in [0.4, 0.5) is 0 Å². The van der Waals surface area contributed by atoms with E-state index in [1.54, 1.807) is 6.08 Å². The van der Waals surface area contributed by atoms with Crippen molar-refractivity contribution >= 4 is 5.78 Å². The van der Waals surface area contributed by atoms with Crippen molar-refractivity contribution in [3.8, 4) is 0 Å². The number of Topliss-reactive ketones (excluding diaryl/α,β-unsaturated/α-hetero) is 1. The molecule has 2 rings (SSSR count). The molecule has 0 bridgehead atoms. The zero-order chi connectivity index (χ0) is 12.1. The summed E-state index contributed by atoms with van der Waals surface area (Å²) in [5.74, 6) is 0.421. The number of rotatable bonds is 5. The minimum atomic E-state index is -0.170. The Hall–Kier alpha value is -0.710. The lowest BCUT2D eigenvalue weighted by Gasteiger charge is -2.36. The van der Waals surface area contributed by atoms with Gasteiger partial charge < -0.3 is 14.8 Å². The highest BCUT2D eigenvalue weighted by molar-refractivity contribution is 5.83. The van der Waals surface area contributed by atoms with E-state index in [0.29, 0.717) is 32.1 Å². The Morgan fingerprint density at radius 1 is 1.53 bits per heavy atom. The summed E-state index contributed by atoms with van der Waals surface area (Å²) in [6.45, 7) is 6.83. The molecule has 2 unspecified atom stereocenters. The second-order valence-electron chi connectivity index (χ2n) is 4.91. The molecule has 0 aromatic carbocycles. The van der Waals surface area contributed by atoms with Crippen molar-refractivity contribution in [1.29, 1.82) is 0 Å². The van der Waals surface area contributed by atoms with Gasteiger partial charge in [-0.1, -0.05) is 6.08 Å². The Labute approximate surface area is 102 Å². The smallest absolute Gasteiger partial charge is 0.149 e. The van der Waals surface area contributed by atoms with Crippen LogP contribution in [0.25, 0.3) is 0 Å². The van der Waals surface area contributed by atoms with Crippen molar-refractivity contribution in [2.45, 2.75) is 24.9 Å². The van der Waals surface area contributed by atoms with Gasteiger partial charge >= 0.3 is 0 Å². The molecule has 0 amide bonds. The van der Waals surface area contributed by atoms with Gasteiger partial charge in [0.05, 0.1) is 18.8 Å². The quantitative estimate of drug-likeness (QED) is 0.572. The van der Waals surface area contributed by atoms with Gasteiger partial charge in [-0.05, 0) is 12.8 Å². The molecule has 2 saturated heterocycles. The average Bonchev–Trinajstić information content (AvgIpc) is 2.77. The molecule has 0 aromatic rings. The molecule has 0 aromatic heterocycles. The predicted molar refractivity (Wildman–Crippen MR) is 64.9 cm³/mol. The van der Waals surface area contributed by atoms with Gasteiger partial charge in [-0.2, -0.15) is 0 Å². The fraction of sp³-hybridized carbons (Fsp3) is 0.769. The lowest BCUT2D eigenvalue weighted by Crippen LogP contribution is -2.44. The molecule has 4 nitrogen and oxygen atoms in total. The first-order valence-corrected chi connectivity index (χ1v) is 6.32. The van der Waals surface area contributed by atoms with Crippen LogP contribution >= 0.6 is 0 Å². The molecule has 0 radical (unpaired) electrons. The molecule has 1 N–H and O–H groups in total. The van der Waals surface area contributed by atoms with Gasteiger partial charge in [0.2, 0.25) is 0 Å². The lowest BCUT2D eigenvalue weighted by molar-refractivity contribution is -0.136. The van der Waals surface area contributed by atoms with Gasteiger partial charge in [-0.25, -0.2) is 0 Å². The summed E-state index contributed by atoms with van der Waals surface area (Å²) in [6.07, 6.45) is 4.36. The summed E-state index contributed by atoms with van der Waals surface area (Å²) in [7, 11) is 0. The first kappa shape index (κ1) is 12.7. The van der Waals surface area contributed by atoms with Crippen LogP contribution in [0.5, 0.6) is 0 Å². The maximum Gasteiger partial charge on any atom is 0.149 e. The Morgan fingerprint density at radius 2 is 2.41 bits per heavy atom. The van der Waals surface area contributed by atoms with Gasteiger partial charge in [-0.15, -0.1) is 6.58 Å². The Morgan fingerprint density at radius 3 is 3.12 bits per heavy atom. The van der Waals surface area contributed by atoms with E-state index >= 15 is 0 Å². The molecule has 0 aliphatic carbocycles. The van der Waals surface area contributed by atoms with E-state index in [0.717, 1.165) is 25.9 Å². The van der Waals surface area contributed by atoms with Crippen LogP contribution in [0, 0.1) is 5.92 Å². The molecule has 4 heteroatoms. The summed E-state index contributed by atoms with van der Waals surface area (Å²) in [6, 6.07) is 0. The molecule has 2 atom stereocenters. The summed E-state index contributed by atoms with van der Waals surface area (Å²) in [5, 5.41) is 3.07. The fourth-order valence-electron chi connectivity index (χ4n) is 2.61. The zero-order valence-corrected chi connectivity index (χ0v) is 10.2. The van der Waals surface area contributed by atoms with Crippen molar-refractivity contribution < 1.29 is 14.3 Å². The molecule has 17 heavy (non-hydrogen) atoms. The second-order valence-corrected chi connectivity index (χ2v) is 4.91. The molecular weight excluding hydrogens is 218 g/mol. The third-order valence-corrected chi connectivity index (χ3v) is 3.60. The van der Waals surface area contributed by atoms with E-state index in [1.807, 2.05) is 0 Å². The lowest BCUT2D eigenvalue weighted by atomic mass is 9.83. The Kier molecular flexibility index (Phi) is 4.31. The van der Waals surface area contributed by atoms with Crippen LogP contribution in [0.3, 0.4) is 0 Å². The molecule has 2 heterocycles. The number of carbonyl (C=O) groups excluding carboxylic acids is 1. The molecule has 2 fully saturated rings. The number of nitrogens with one attached hydrogen (secondary N) is 1. The van der Waals surface area contributed by atoms with Crippen LogP contribution < -0.4 is 5.32 Å². The van der Waals surface area contributed by atoms with E-state index < -0.39 is 0 Å². The van der Waals surface area contributed by atoms with E-state index in [-0.39, 0.29) is 11.5 Å². The first-order valence-electron chi connectivity index (χ1n) is 6.32. The fourth-order valence-corrected chi connectivity index (χ4v) is 2.61. The zero-order valence-electron chi connectivity index (χ0n) is 10.2. The minimum Gasteiger partial charge on any atom is -0.378 e. The van der Waals surface area contributed by atoms with Crippen molar-refractivity contribution in [3.63, 3.8) is 0 Å². The third-order valence-electron chi connectivity index (χ3n) is 3.60. The summed E-state index contributed by atoms with van der Waals surface area (Å²) >= 11 is 0. The minimum absolute atomic E-state index is 0.128. The van der Waals surface area contributed by atoms with Crippen molar-refractivity contribution in [2.24, 2.45) is 5.92 Å². The maximum atomic E-state index is 12.0. The summed E-state index contributed by atoms with van der Waals surface area (Å²) in [5.41, 5.74) is -0.170. The first-order chi connectivity index (χ1) is 8.26. The van der Waals surface area contributed by atoms with Crippen LogP contribution in [-0.4, -0.2) is 44.3 Å². The summed E-state index contributed by atoms with van der Waals surface area (Å²) < 4.78 is 11.2. The van der Waals surface area contributed by atoms with Gasteiger partial charge in [0, 0.05) is 32.1 Å². The highest BCUT2D eigenvalue weighted by Gasteiger charge is 2.42. The van der Waals surface area contributed by atoms with Crippen molar-refractivity contribution in [1.82, 2.24) is 5.32 Å². The Bertz CT molecular complexity index is 284. The SMILES string of the molecule is C=CCNCC(=O)C1CCOC2(CCOC2)C1. The van der Waals surface area contributed by atoms with Crippen molar-refractivity contribution in [3.05, 3.63) is 12.7 Å². The molecule has 1 spiro atoms. The normalized spacial score (nSPS) is 32.8. The van der Waals surface area contributed by atoms with E-state index in [2.05, 4.69) is 11.9 Å². The van der Waals surface area contributed by atoms with Gasteiger partial charge in [0.25, 0.3) is 0 Å².